The van der Waals surface area contributed by atoms with Crippen LogP contribution in [0.25, 0.3) is 11.2 Å². The minimum atomic E-state index is -1.21. The summed E-state index contributed by atoms with van der Waals surface area (Å²) in [5.74, 6) is 0.489. The average Bonchev–Trinajstić information content (AvgIpc) is 3.01. The molecule has 3 heterocycles. The zero-order chi connectivity index (χ0) is 15.1. The van der Waals surface area contributed by atoms with E-state index in [0.29, 0.717) is 17.0 Å². The van der Waals surface area contributed by atoms with Crippen LogP contribution >= 0.6 is 0 Å². The van der Waals surface area contributed by atoms with Crippen molar-refractivity contribution in [2.45, 2.75) is 24.5 Å². The fourth-order valence-corrected chi connectivity index (χ4v) is 2.40. The molecule has 1 saturated heterocycles. The monoisotopic (exact) mass is 296 g/mol. The van der Waals surface area contributed by atoms with Crippen LogP contribution in [0.3, 0.4) is 0 Å². The highest BCUT2D eigenvalue weighted by Crippen LogP contribution is 2.32. The minimum absolute atomic E-state index is 0.0420. The molecule has 0 radical (unpaired) electrons. The van der Waals surface area contributed by atoms with Crippen molar-refractivity contribution >= 4 is 22.9 Å². The topological polar surface area (TPSA) is 152 Å². The van der Waals surface area contributed by atoms with Crippen LogP contribution in [0.4, 0.5) is 11.8 Å². The maximum absolute atomic E-state index is 10.1. The lowest BCUT2D eigenvalue weighted by Crippen LogP contribution is -2.33. The predicted octanol–water partition coefficient (Wildman–Crippen LogP) is -1.94. The van der Waals surface area contributed by atoms with E-state index in [9.17, 15) is 10.2 Å². The highest BCUT2D eigenvalue weighted by atomic mass is 16.6. The van der Waals surface area contributed by atoms with Crippen molar-refractivity contribution in [3.05, 3.63) is 6.33 Å². The number of aromatic nitrogens is 4. The first kappa shape index (κ1) is 13.9. The molecule has 0 bridgehead atoms. The van der Waals surface area contributed by atoms with Gasteiger partial charge in [0, 0.05) is 7.05 Å². The lowest BCUT2D eigenvalue weighted by Gasteiger charge is -2.16. The average molecular weight is 296 g/mol. The van der Waals surface area contributed by atoms with Crippen molar-refractivity contribution in [3.8, 4) is 0 Å². The number of hydrogen-bond acceptors (Lipinski definition) is 9. The van der Waals surface area contributed by atoms with E-state index in [4.69, 9.17) is 15.6 Å². The second-order valence-corrected chi connectivity index (χ2v) is 4.73. The summed E-state index contributed by atoms with van der Waals surface area (Å²) >= 11 is 0. The van der Waals surface area contributed by atoms with E-state index < -0.39 is 31.1 Å². The van der Waals surface area contributed by atoms with E-state index in [2.05, 4.69) is 20.3 Å². The molecule has 10 nitrogen and oxygen atoms in total. The number of rotatable bonds is 3. The maximum Gasteiger partial charge on any atom is 0.224 e. The molecule has 6 N–H and O–H groups in total. The summed E-state index contributed by atoms with van der Waals surface area (Å²) < 4.78 is 6.91. The van der Waals surface area contributed by atoms with E-state index >= 15 is 0 Å². The van der Waals surface area contributed by atoms with Gasteiger partial charge in [-0.25, -0.2) is 4.98 Å². The molecular formula is C11H16N6O4. The second kappa shape index (κ2) is 5.07. The Morgan fingerprint density at radius 1 is 1.38 bits per heavy atom. The minimum Gasteiger partial charge on any atom is -0.394 e. The Kier molecular flexibility index (Phi) is 3.37. The molecule has 2 aromatic heterocycles. The Morgan fingerprint density at radius 3 is 2.76 bits per heavy atom. The summed E-state index contributed by atoms with van der Waals surface area (Å²) in [5.41, 5.74) is 6.47. The molecule has 114 valence electrons. The summed E-state index contributed by atoms with van der Waals surface area (Å²) in [5, 5.41) is 31.9. The number of ether oxygens (including phenoxy) is 1. The number of nitrogens with one attached hydrogen (secondary N) is 1. The first-order chi connectivity index (χ1) is 10.1. The summed E-state index contributed by atoms with van der Waals surface area (Å²) in [7, 11) is 1.67. The van der Waals surface area contributed by atoms with Crippen LogP contribution in [0.15, 0.2) is 6.33 Å². The molecule has 1 fully saturated rings. The van der Waals surface area contributed by atoms with Gasteiger partial charge in [-0.2, -0.15) is 9.97 Å². The van der Waals surface area contributed by atoms with Crippen LogP contribution in [0, 0.1) is 0 Å². The van der Waals surface area contributed by atoms with Crippen molar-refractivity contribution in [2.75, 3.05) is 24.7 Å². The predicted molar refractivity (Wildman–Crippen MR) is 72.3 cm³/mol. The number of aliphatic hydroxyl groups is 3. The lowest BCUT2D eigenvalue weighted by molar-refractivity contribution is -0.0511. The quantitative estimate of drug-likeness (QED) is 0.435. The fraction of sp³-hybridized carbons (Fsp3) is 0.545. The number of aliphatic hydroxyl groups excluding tert-OH is 3. The Labute approximate surface area is 119 Å². The molecule has 0 spiro atoms. The summed E-state index contributed by atoms with van der Waals surface area (Å²) in [6, 6.07) is 0. The number of nitrogens with zero attached hydrogens (tertiary/aromatic N) is 4. The highest BCUT2D eigenvalue weighted by Gasteiger charge is 2.44. The summed E-state index contributed by atoms with van der Waals surface area (Å²) in [6.45, 7) is -0.403. The molecule has 0 amide bonds. The Morgan fingerprint density at radius 2 is 2.14 bits per heavy atom. The van der Waals surface area contributed by atoms with E-state index in [0.717, 1.165) is 0 Å². The SMILES string of the molecule is CNc1nc(N)nc2c1ncn2[C@@H]1O[C@H](CO)[C@H](O)C1O. The van der Waals surface area contributed by atoms with Crippen LogP contribution in [-0.2, 0) is 4.74 Å². The van der Waals surface area contributed by atoms with Gasteiger partial charge in [-0.15, -0.1) is 0 Å². The van der Waals surface area contributed by atoms with Gasteiger partial charge in [0.1, 0.15) is 18.3 Å². The highest BCUT2D eigenvalue weighted by molar-refractivity contribution is 5.84. The Bertz CT molecular complexity index is 661. The van der Waals surface area contributed by atoms with E-state index in [1.54, 1.807) is 7.05 Å². The van der Waals surface area contributed by atoms with Crippen molar-refractivity contribution in [1.29, 1.82) is 0 Å². The molecule has 1 aliphatic rings. The molecule has 4 atom stereocenters. The molecule has 10 heteroatoms. The van der Waals surface area contributed by atoms with Crippen LogP contribution in [0.2, 0.25) is 0 Å². The van der Waals surface area contributed by atoms with E-state index in [1.165, 1.54) is 10.9 Å². The van der Waals surface area contributed by atoms with Gasteiger partial charge >= 0.3 is 0 Å². The standard InChI is InChI=1S/C11H16N6O4/c1-13-8-5-9(16-11(12)15-8)17(3-14-5)10-7(20)6(19)4(2-18)21-10/h3-4,6-7,10,18-20H,2H2,1H3,(H3,12,13,15,16)/t4-,6+,7?,10-/m1/s1. The maximum atomic E-state index is 10.1. The van der Waals surface area contributed by atoms with Gasteiger partial charge in [0.15, 0.2) is 23.2 Å². The van der Waals surface area contributed by atoms with Crippen molar-refractivity contribution in [1.82, 2.24) is 19.5 Å². The van der Waals surface area contributed by atoms with Crippen LogP contribution < -0.4 is 11.1 Å². The third kappa shape index (κ3) is 2.08. The van der Waals surface area contributed by atoms with Gasteiger partial charge in [-0.05, 0) is 0 Å². The molecular weight excluding hydrogens is 280 g/mol. The van der Waals surface area contributed by atoms with Gasteiger partial charge in [0.05, 0.1) is 12.9 Å². The summed E-state index contributed by atoms with van der Waals surface area (Å²) in [4.78, 5) is 12.3. The Balaban J connectivity index is 2.07. The largest absolute Gasteiger partial charge is 0.394 e. The van der Waals surface area contributed by atoms with Crippen LogP contribution in [-0.4, -0.2) is 66.8 Å². The van der Waals surface area contributed by atoms with Crippen molar-refractivity contribution in [3.63, 3.8) is 0 Å². The number of anilines is 2. The molecule has 0 saturated carbocycles. The van der Waals surface area contributed by atoms with E-state index in [-0.39, 0.29) is 5.95 Å². The lowest BCUT2D eigenvalue weighted by atomic mass is 10.1. The zero-order valence-electron chi connectivity index (χ0n) is 11.2. The molecule has 1 unspecified atom stereocenters. The second-order valence-electron chi connectivity index (χ2n) is 4.73. The molecule has 0 aliphatic carbocycles. The third-order valence-corrected chi connectivity index (χ3v) is 3.47. The normalized spacial score (nSPS) is 29.1. The fourth-order valence-electron chi connectivity index (χ4n) is 2.40. The first-order valence-electron chi connectivity index (χ1n) is 6.37. The van der Waals surface area contributed by atoms with Gasteiger partial charge in [-0.1, -0.05) is 0 Å². The van der Waals surface area contributed by atoms with Crippen molar-refractivity contribution < 1.29 is 20.1 Å². The van der Waals surface area contributed by atoms with Gasteiger partial charge in [0.2, 0.25) is 5.95 Å². The molecule has 21 heavy (non-hydrogen) atoms. The van der Waals surface area contributed by atoms with Crippen molar-refractivity contribution in [2.24, 2.45) is 0 Å². The number of nitrogen functional groups attached to an aromatic ring is 1. The van der Waals surface area contributed by atoms with Crippen LogP contribution in [0.1, 0.15) is 6.23 Å². The van der Waals surface area contributed by atoms with Crippen LogP contribution in [0.5, 0.6) is 0 Å². The number of imidazole rings is 1. The molecule has 1 aliphatic heterocycles. The van der Waals surface area contributed by atoms with Gasteiger partial charge in [0.25, 0.3) is 0 Å². The molecule has 2 aromatic rings. The number of fused-ring (bicyclic) bond motifs is 1. The third-order valence-electron chi connectivity index (χ3n) is 3.47. The molecule has 0 aromatic carbocycles. The first-order valence-corrected chi connectivity index (χ1v) is 6.37. The Hall–Kier alpha value is -2.01. The smallest absolute Gasteiger partial charge is 0.224 e. The number of hydrogen-bond donors (Lipinski definition) is 5. The van der Waals surface area contributed by atoms with Gasteiger partial charge < -0.3 is 31.1 Å². The molecule has 3 rings (SSSR count). The zero-order valence-corrected chi connectivity index (χ0v) is 11.2. The van der Waals surface area contributed by atoms with E-state index in [1.807, 2.05) is 0 Å². The number of nitrogens with two attached hydrogens (primary N) is 1. The van der Waals surface area contributed by atoms with Gasteiger partial charge in [-0.3, -0.25) is 4.57 Å². The summed E-state index contributed by atoms with van der Waals surface area (Å²) in [6.07, 6.45) is -2.78.